The molecule has 0 aromatic heterocycles. The van der Waals surface area contributed by atoms with Gasteiger partial charge in [-0.1, -0.05) is 105 Å². The van der Waals surface area contributed by atoms with E-state index >= 15 is 0 Å². The summed E-state index contributed by atoms with van der Waals surface area (Å²) >= 11 is 6.23. The van der Waals surface area contributed by atoms with Gasteiger partial charge in [0, 0.05) is 35.6 Å². The zero-order chi connectivity index (χ0) is 29.4. The number of amides is 1. The van der Waals surface area contributed by atoms with Gasteiger partial charge in [-0.2, -0.15) is 13.2 Å². The van der Waals surface area contributed by atoms with Gasteiger partial charge < -0.3 is 5.32 Å². The highest BCUT2D eigenvalue weighted by Crippen LogP contribution is 2.32. The van der Waals surface area contributed by atoms with Crippen LogP contribution in [0.25, 0.3) is 0 Å². The summed E-state index contributed by atoms with van der Waals surface area (Å²) in [6, 6.07) is 24.3. The van der Waals surface area contributed by atoms with Crippen LogP contribution in [0, 0.1) is 11.8 Å². The van der Waals surface area contributed by atoms with Gasteiger partial charge in [-0.25, -0.2) is 0 Å². The summed E-state index contributed by atoms with van der Waals surface area (Å²) < 4.78 is 39.9. The van der Waals surface area contributed by atoms with Crippen molar-refractivity contribution >= 4 is 29.1 Å². The number of Topliss-reactive ketones (excluding diaryl/α,β-unsaturated/α-hetero) is 2. The van der Waals surface area contributed by atoms with Crippen molar-refractivity contribution in [3.05, 3.63) is 107 Å². The maximum Gasteiger partial charge on any atom is 0.450 e. The van der Waals surface area contributed by atoms with Crippen LogP contribution in [-0.4, -0.2) is 29.7 Å². The lowest BCUT2D eigenvalue weighted by atomic mass is 9.81. The minimum atomic E-state index is -5.06. The average molecular weight is 572 g/mol. The molecule has 212 valence electrons. The Morgan fingerprint density at radius 1 is 0.775 bits per heavy atom. The van der Waals surface area contributed by atoms with Gasteiger partial charge in [0.05, 0.1) is 6.04 Å². The van der Waals surface area contributed by atoms with Gasteiger partial charge in [-0.05, 0) is 34.7 Å². The number of alkyl halides is 3. The summed E-state index contributed by atoms with van der Waals surface area (Å²) in [7, 11) is 0. The number of nitrogens with one attached hydrogen (secondary N) is 1. The number of halogens is 4. The van der Waals surface area contributed by atoms with Crippen LogP contribution >= 0.6 is 11.6 Å². The van der Waals surface area contributed by atoms with E-state index in [9.17, 15) is 27.6 Å². The molecule has 0 saturated heterocycles. The Morgan fingerprint density at radius 3 is 1.85 bits per heavy atom. The highest BCUT2D eigenvalue weighted by Gasteiger charge is 2.45. The smallest absolute Gasteiger partial charge is 0.346 e. The van der Waals surface area contributed by atoms with Crippen molar-refractivity contribution in [2.75, 3.05) is 0 Å². The lowest BCUT2D eigenvalue weighted by Gasteiger charge is -2.28. The normalized spacial score (nSPS) is 14.7. The van der Waals surface area contributed by atoms with E-state index in [0.29, 0.717) is 5.02 Å². The number of ketones is 2. The van der Waals surface area contributed by atoms with E-state index in [2.05, 4.69) is 5.32 Å². The highest BCUT2D eigenvalue weighted by molar-refractivity contribution is 6.30. The molecule has 0 aliphatic rings. The van der Waals surface area contributed by atoms with Crippen LogP contribution in [0.15, 0.2) is 84.9 Å². The molecule has 0 spiro atoms. The summed E-state index contributed by atoms with van der Waals surface area (Å²) in [5.74, 6) is -6.19. The molecule has 0 fully saturated rings. The van der Waals surface area contributed by atoms with Crippen LogP contribution in [0.1, 0.15) is 62.1 Å². The lowest BCUT2D eigenvalue weighted by molar-refractivity contribution is -0.177. The van der Waals surface area contributed by atoms with Crippen LogP contribution in [0.5, 0.6) is 0 Å². The third kappa shape index (κ3) is 8.28. The zero-order valence-electron chi connectivity index (χ0n) is 22.6. The first-order chi connectivity index (χ1) is 18.9. The van der Waals surface area contributed by atoms with E-state index in [1.165, 1.54) is 13.8 Å². The van der Waals surface area contributed by atoms with Crippen molar-refractivity contribution in [1.82, 2.24) is 5.32 Å². The van der Waals surface area contributed by atoms with Crippen molar-refractivity contribution in [3.63, 3.8) is 0 Å². The summed E-state index contributed by atoms with van der Waals surface area (Å²) in [6.07, 6.45) is -5.71. The van der Waals surface area contributed by atoms with Gasteiger partial charge in [-0.3, -0.25) is 14.4 Å². The molecular weight excluding hydrogens is 539 g/mol. The molecule has 0 radical (unpaired) electrons. The van der Waals surface area contributed by atoms with E-state index in [4.69, 9.17) is 11.6 Å². The van der Waals surface area contributed by atoms with Gasteiger partial charge in [0.2, 0.25) is 11.7 Å². The van der Waals surface area contributed by atoms with Crippen molar-refractivity contribution in [2.24, 2.45) is 11.8 Å². The van der Waals surface area contributed by atoms with Crippen LogP contribution in [0.4, 0.5) is 13.2 Å². The van der Waals surface area contributed by atoms with Gasteiger partial charge in [0.25, 0.3) is 0 Å². The Kier molecular flexibility index (Phi) is 10.7. The molecule has 40 heavy (non-hydrogen) atoms. The molecule has 0 heterocycles. The maximum atomic E-state index is 13.6. The first-order valence-electron chi connectivity index (χ1n) is 13.2. The molecule has 1 unspecified atom stereocenters. The Hall–Kier alpha value is -3.45. The number of hydrogen-bond donors (Lipinski definition) is 1. The van der Waals surface area contributed by atoms with E-state index in [1.54, 1.807) is 55.5 Å². The number of hydrogen-bond acceptors (Lipinski definition) is 3. The molecule has 1 amide bonds. The molecule has 3 aromatic carbocycles. The van der Waals surface area contributed by atoms with Gasteiger partial charge in [-0.15, -0.1) is 0 Å². The standard InChI is InChI=1S/C32H33ClF3NO3/c1-20(2)26(31(40)32(34,35)36)18-28(38)30(21(3)22-11-6-4-7-12-22)37-29(39)19-27(23-13-8-5-9-14-23)24-15-10-16-25(33)17-24/h4-17,20-21,26-27,30H,18-19H2,1-3H3,(H,37,39)/t21-,26-,27?,30-/m0/s1. The van der Waals surface area contributed by atoms with E-state index in [-0.39, 0.29) is 12.3 Å². The van der Waals surface area contributed by atoms with Crippen molar-refractivity contribution in [1.29, 1.82) is 0 Å². The Bertz CT molecular complexity index is 1300. The SMILES string of the molecule is CC(C)[C@H](CC(=O)[C@@H](NC(=O)CC(c1ccccc1)c1cccc(Cl)c1)[C@@H](C)c1ccccc1)C(=O)C(F)(F)F. The lowest BCUT2D eigenvalue weighted by Crippen LogP contribution is -2.46. The Morgan fingerprint density at radius 2 is 1.32 bits per heavy atom. The van der Waals surface area contributed by atoms with Crippen LogP contribution in [-0.2, 0) is 14.4 Å². The minimum absolute atomic E-state index is 0.0231. The number of carbonyl (C=O) groups is 3. The third-order valence-electron chi connectivity index (χ3n) is 7.17. The quantitative estimate of drug-likeness (QED) is 0.245. The molecule has 4 atom stereocenters. The first kappa shape index (κ1) is 31.1. The molecule has 8 heteroatoms. The highest BCUT2D eigenvalue weighted by atomic mass is 35.5. The summed E-state index contributed by atoms with van der Waals surface area (Å²) in [5.41, 5.74) is 2.41. The van der Waals surface area contributed by atoms with Gasteiger partial charge in [0.1, 0.15) is 0 Å². The van der Waals surface area contributed by atoms with Crippen LogP contribution in [0.3, 0.4) is 0 Å². The van der Waals surface area contributed by atoms with E-state index in [1.807, 2.05) is 36.4 Å². The second kappa shape index (κ2) is 13.8. The third-order valence-corrected chi connectivity index (χ3v) is 7.41. The summed E-state index contributed by atoms with van der Waals surface area (Å²) in [5, 5.41) is 3.32. The predicted molar refractivity (Wildman–Crippen MR) is 150 cm³/mol. The number of rotatable bonds is 12. The fourth-order valence-corrected chi connectivity index (χ4v) is 5.07. The molecule has 4 nitrogen and oxygen atoms in total. The molecule has 1 N–H and O–H groups in total. The van der Waals surface area contributed by atoms with Gasteiger partial charge >= 0.3 is 6.18 Å². The van der Waals surface area contributed by atoms with Crippen molar-refractivity contribution < 1.29 is 27.6 Å². The molecule has 0 saturated carbocycles. The Balaban J connectivity index is 1.91. The van der Waals surface area contributed by atoms with Crippen LogP contribution in [0.2, 0.25) is 5.02 Å². The summed E-state index contributed by atoms with van der Waals surface area (Å²) in [6.45, 7) is 4.69. The predicted octanol–water partition coefficient (Wildman–Crippen LogP) is 7.51. The number of benzene rings is 3. The molecule has 0 aliphatic heterocycles. The second-order valence-electron chi connectivity index (χ2n) is 10.3. The van der Waals surface area contributed by atoms with Crippen LogP contribution < -0.4 is 5.32 Å². The fourth-order valence-electron chi connectivity index (χ4n) is 4.87. The average Bonchev–Trinajstić information content (AvgIpc) is 2.92. The van der Waals surface area contributed by atoms with Crippen molar-refractivity contribution in [3.8, 4) is 0 Å². The summed E-state index contributed by atoms with van der Waals surface area (Å²) in [4.78, 5) is 39.2. The molecular formula is C32H33ClF3NO3. The molecule has 3 rings (SSSR count). The Labute approximate surface area is 237 Å². The molecule has 0 aliphatic carbocycles. The zero-order valence-corrected chi connectivity index (χ0v) is 23.4. The first-order valence-corrected chi connectivity index (χ1v) is 13.5. The minimum Gasteiger partial charge on any atom is -0.346 e. The van der Waals surface area contributed by atoms with E-state index in [0.717, 1.165) is 16.7 Å². The molecule has 3 aromatic rings. The molecule has 0 bridgehead atoms. The maximum absolute atomic E-state index is 13.6. The number of carbonyl (C=O) groups excluding carboxylic acids is 3. The van der Waals surface area contributed by atoms with Gasteiger partial charge in [0.15, 0.2) is 5.78 Å². The monoisotopic (exact) mass is 571 g/mol. The second-order valence-corrected chi connectivity index (χ2v) is 10.8. The largest absolute Gasteiger partial charge is 0.450 e. The topological polar surface area (TPSA) is 63.2 Å². The fraction of sp³-hybridized carbons (Fsp3) is 0.344. The van der Waals surface area contributed by atoms with Crippen molar-refractivity contribution in [2.45, 2.75) is 57.7 Å². The van der Waals surface area contributed by atoms with E-state index < -0.39 is 53.9 Å².